The summed E-state index contributed by atoms with van der Waals surface area (Å²) in [6.45, 7) is 13.0. The molecule has 0 bridgehead atoms. The van der Waals surface area contributed by atoms with Crippen LogP contribution in [0.5, 0.6) is 0 Å². The van der Waals surface area contributed by atoms with E-state index in [9.17, 15) is 4.79 Å². The van der Waals surface area contributed by atoms with Crippen LogP contribution in [-0.4, -0.2) is 84.2 Å². The molecule has 5 heteroatoms. The van der Waals surface area contributed by atoms with E-state index in [4.69, 9.17) is 4.74 Å². The molecule has 0 aromatic carbocycles. The number of carbonyl (C=O) groups is 1. The SMILES string of the molecule is CC(=O)N1C[C@@H]2CN(C3COC3)CCN2C(C)(C)C1. The quantitative estimate of drug-likeness (QED) is 0.671. The molecule has 3 heterocycles. The van der Waals surface area contributed by atoms with Crippen molar-refractivity contribution in [3.8, 4) is 0 Å². The van der Waals surface area contributed by atoms with E-state index in [1.165, 1.54) is 0 Å². The molecule has 3 aliphatic heterocycles. The fourth-order valence-corrected chi connectivity index (χ4v) is 3.71. The summed E-state index contributed by atoms with van der Waals surface area (Å²) < 4.78 is 5.30. The van der Waals surface area contributed by atoms with Gasteiger partial charge in [-0.15, -0.1) is 0 Å². The number of hydrogen-bond donors (Lipinski definition) is 0. The second-order valence-electron chi connectivity index (χ2n) is 6.75. The lowest BCUT2D eigenvalue weighted by Gasteiger charge is -2.56. The van der Waals surface area contributed by atoms with E-state index in [0.717, 1.165) is 45.9 Å². The second-order valence-corrected chi connectivity index (χ2v) is 6.75. The van der Waals surface area contributed by atoms with Crippen LogP contribution in [0, 0.1) is 0 Å². The van der Waals surface area contributed by atoms with Crippen LogP contribution < -0.4 is 0 Å². The van der Waals surface area contributed by atoms with Gasteiger partial charge in [0.05, 0.1) is 19.3 Å². The van der Waals surface area contributed by atoms with E-state index in [1.54, 1.807) is 6.92 Å². The lowest BCUT2D eigenvalue weighted by Crippen LogP contribution is -2.71. The van der Waals surface area contributed by atoms with Crippen LogP contribution in [0.25, 0.3) is 0 Å². The van der Waals surface area contributed by atoms with E-state index in [2.05, 4.69) is 23.6 Å². The standard InChI is InChI=1S/C14H25N3O2/c1-11(18)16-7-12-6-15(13-8-19-9-13)4-5-17(12)14(2,3)10-16/h12-13H,4-10H2,1-3H3/t12-/m0/s1. The van der Waals surface area contributed by atoms with Crippen molar-refractivity contribution in [3.63, 3.8) is 0 Å². The summed E-state index contributed by atoms with van der Waals surface area (Å²) in [7, 11) is 0. The maximum atomic E-state index is 11.7. The van der Waals surface area contributed by atoms with Crippen LogP contribution in [0.2, 0.25) is 0 Å². The first-order valence-electron chi connectivity index (χ1n) is 7.31. The normalized spacial score (nSPS) is 32.8. The zero-order chi connectivity index (χ0) is 13.6. The van der Waals surface area contributed by atoms with Gasteiger partial charge >= 0.3 is 0 Å². The Balaban J connectivity index is 1.71. The predicted molar refractivity (Wildman–Crippen MR) is 73.0 cm³/mol. The van der Waals surface area contributed by atoms with E-state index >= 15 is 0 Å². The van der Waals surface area contributed by atoms with Crippen molar-refractivity contribution in [2.24, 2.45) is 0 Å². The van der Waals surface area contributed by atoms with Crippen molar-refractivity contribution in [2.75, 3.05) is 45.9 Å². The van der Waals surface area contributed by atoms with Crippen molar-refractivity contribution in [2.45, 2.75) is 38.4 Å². The van der Waals surface area contributed by atoms with Gasteiger partial charge in [-0.25, -0.2) is 0 Å². The smallest absolute Gasteiger partial charge is 0.219 e. The third-order valence-electron chi connectivity index (χ3n) is 4.88. The summed E-state index contributed by atoms with van der Waals surface area (Å²) in [6, 6.07) is 1.08. The Kier molecular flexibility index (Phi) is 3.31. The lowest BCUT2D eigenvalue weighted by molar-refractivity contribution is -0.144. The Labute approximate surface area is 115 Å². The molecular weight excluding hydrogens is 242 g/mol. The minimum atomic E-state index is 0.0940. The number of ether oxygens (including phenoxy) is 1. The molecule has 3 saturated heterocycles. The predicted octanol–water partition coefficient (Wildman–Crippen LogP) is 0.0121. The molecule has 0 spiro atoms. The van der Waals surface area contributed by atoms with Crippen LogP contribution >= 0.6 is 0 Å². The highest BCUT2D eigenvalue weighted by Crippen LogP contribution is 2.29. The summed E-state index contributed by atoms with van der Waals surface area (Å²) in [4.78, 5) is 18.9. The van der Waals surface area contributed by atoms with Crippen LogP contribution in [0.4, 0.5) is 0 Å². The Morgan fingerprint density at radius 1 is 1.16 bits per heavy atom. The Morgan fingerprint density at radius 2 is 1.89 bits per heavy atom. The molecule has 0 aromatic rings. The molecule has 0 saturated carbocycles. The number of rotatable bonds is 1. The third kappa shape index (κ3) is 2.39. The molecule has 0 aromatic heterocycles. The number of carbonyl (C=O) groups excluding carboxylic acids is 1. The van der Waals surface area contributed by atoms with Gasteiger partial charge in [-0.2, -0.15) is 0 Å². The zero-order valence-corrected chi connectivity index (χ0v) is 12.3. The second kappa shape index (κ2) is 4.72. The minimum Gasteiger partial charge on any atom is -0.378 e. The van der Waals surface area contributed by atoms with Crippen molar-refractivity contribution in [3.05, 3.63) is 0 Å². The fraction of sp³-hybridized carbons (Fsp3) is 0.929. The molecule has 0 aliphatic carbocycles. The monoisotopic (exact) mass is 267 g/mol. The number of amides is 1. The Hall–Kier alpha value is -0.650. The molecule has 1 atom stereocenters. The molecule has 3 aliphatic rings. The maximum absolute atomic E-state index is 11.7. The summed E-state index contributed by atoms with van der Waals surface area (Å²) in [5.41, 5.74) is 0.0940. The van der Waals surface area contributed by atoms with E-state index < -0.39 is 0 Å². The fourth-order valence-electron chi connectivity index (χ4n) is 3.71. The molecule has 1 amide bonds. The van der Waals surface area contributed by atoms with Gasteiger partial charge in [0.25, 0.3) is 0 Å². The first kappa shape index (κ1) is 13.3. The molecule has 3 fully saturated rings. The third-order valence-corrected chi connectivity index (χ3v) is 4.88. The van der Waals surface area contributed by atoms with Crippen LogP contribution in [0.15, 0.2) is 0 Å². The summed E-state index contributed by atoms with van der Waals surface area (Å²) in [6.07, 6.45) is 0. The van der Waals surface area contributed by atoms with Gasteiger partial charge in [-0.1, -0.05) is 0 Å². The maximum Gasteiger partial charge on any atom is 0.219 e. The number of piperazine rings is 2. The molecule has 5 nitrogen and oxygen atoms in total. The highest BCUT2D eigenvalue weighted by Gasteiger charge is 2.44. The highest BCUT2D eigenvalue weighted by molar-refractivity contribution is 5.73. The number of nitrogens with zero attached hydrogens (tertiary/aromatic N) is 3. The topological polar surface area (TPSA) is 36.0 Å². The van der Waals surface area contributed by atoms with Crippen molar-refractivity contribution < 1.29 is 9.53 Å². The van der Waals surface area contributed by atoms with Gasteiger partial charge in [0.2, 0.25) is 5.91 Å². The molecular formula is C14H25N3O2. The zero-order valence-electron chi connectivity index (χ0n) is 12.3. The largest absolute Gasteiger partial charge is 0.378 e. The van der Waals surface area contributed by atoms with E-state index in [-0.39, 0.29) is 11.4 Å². The summed E-state index contributed by atoms with van der Waals surface area (Å²) in [5, 5.41) is 0. The molecule has 0 N–H and O–H groups in total. The van der Waals surface area contributed by atoms with Gasteiger partial charge in [0, 0.05) is 51.2 Å². The van der Waals surface area contributed by atoms with Gasteiger partial charge in [-0.3, -0.25) is 14.6 Å². The van der Waals surface area contributed by atoms with Gasteiger partial charge in [0.1, 0.15) is 0 Å². The molecule has 19 heavy (non-hydrogen) atoms. The molecule has 0 radical (unpaired) electrons. The minimum absolute atomic E-state index is 0.0940. The summed E-state index contributed by atoms with van der Waals surface area (Å²) in [5.74, 6) is 0.205. The van der Waals surface area contributed by atoms with Crippen molar-refractivity contribution in [1.82, 2.24) is 14.7 Å². The van der Waals surface area contributed by atoms with Crippen LogP contribution in [-0.2, 0) is 9.53 Å². The highest BCUT2D eigenvalue weighted by atomic mass is 16.5. The number of fused-ring (bicyclic) bond motifs is 1. The van der Waals surface area contributed by atoms with Gasteiger partial charge in [-0.05, 0) is 13.8 Å². The molecule has 108 valence electrons. The molecule has 3 rings (SSSR count). The lowest BCUT2D eigenvalue weighted by atomic mass is 9.92. The van der Waals surface area contributed by atoms with E-state index in [0.29, 0.717) is 12.1 Å². The average Bonchev–Trinajstić information content (AvgIpc) is 2.25. The van der Waals surface area contributed by atoms with Gasteiger partial charge in [0.15, 0.2) is 0 Å². The van der Waals surface area contributed by atoms with Crippen LogP contribution in [0.1, 0.15) is 20.8 Å². The van der Waals surface area contributed by atoms with E-state index in [1.807, 2.05) is 4.90 Å². The molecule has 0 unspecified atom stereocenters. The van der Waals surface area contributed by atoms with Gasteiger partial charge < -0.3 is 9.64 Å². The van der Waals surface area contributed by atoms with Crippen molar-refractivity contribution in [1.29, 1.82) is 0 Å². The van der Waals surface area contributed by atoms with Crippen LogP contribution in [0.3, 0.4) is 0 Å². The first-order chi connectivity index (χ1) is 8.97. The Morgan fingerprint density at radius 3 is 2.47 bits per heavy atom. The number of hydrogen-bond acceptors (Lipinski definition) is 4. The Bertz CT molecular complexity index is 368. The summed E-state index contributed by atoms with van der Waals surface area (Å²) >= 11 is 0. The first-order valence-corrected chi connectivity index (χ1v) is 7.31. The average molecular weight is 267 g/mol. The van der Waals surface area contributed by atoms with Crippen molar-refractivity contribution >= 4 is 5.91 Å².